The van der Waals surface area contributed by atoms with E-state index >= 15 is 0 Å². The van der Waals surface area contributed by atoms with Crippen LogP contribution in [0.5, 0.6) is 0 Å². The van der Waals surface area contributed by atoms with Gasteiger partial charge in [0.05, 0.1) is 17.9 Å². The molecule has 3 heterocycles. The van der Waals surface area contributed by atoms with Gasteiger partial charge in [0.1, 0.15) is 11.0 Å². The number of carbonyl (C=O) groups is 1. The second kappa shape index (κ2) is 8.05. The van der Waals surface area contributed by atoms with Gasteiger partial charge in [0, 0.05) is 51.5 Å². The van der Waals surface area contributed by atoms with Crippen LogP contribution in [0.2, 0.25) is 5.15 Å². The third-order valence-electron chi connectivity index (χ3n) is 4.61. The van der Waals surface area contributed by atoms with E-state index in [1.165, 1.54) is 0 Å². The third-order valence-corrected chi connectivity index (χ3v) is 5.08. The molecule has 1 saturated heterocycles. The summed E-state index contributed by atoms with van der Waals surface area (Å²) < 4.78 is 6.71. The zero-order valence-corrected chi connectivity index (χ0v) is 16.2. The maximum Gasteiger partial charge on any atom is 0.339 e. The van der Waals surface area contributed by atoms with Crippen molar-refractivity contribution in [2.75, 3.05) is 37.7 Å². The van der Waals surface area contributed by atoms with Crippen LogP contribution in [0.1, 0.15) is 28.5 Å². The van der Waals surface area contributed by atoms with Crippen molar-refractivity contribution in [3.05, 3.63) is 40.3 Å². The van der Waals surface area contributed by atoms with E-state index in [4.69, 9.17) is 16.3 Å². The quantitative estimate of drug-likeness (QED) is 0.745. The first kappa shape index (κ1) is 18.7. The molecule has 3 rings (SSSR count). The van der Waals surface area contributed by atoms with E-state index in [0.29, 0.717) is 17.3 Å². The van der Waals surface area contributed by atoms with Crippen molar-refractivity contribution in [2.45, 2.75) is 20.4 Å². The third kappa shape index (κ3) is 3.99. The molecule has 0 spiro atoms. The summed E-state index contributed by atoms with van der Waals surface area (Å²) >= 11 is 6.34. The Morgan fingerprint density at radius 1 is 1.27 bits per heavy atom. The molecular weight excluding hydrogens is 354 g/mol. The molecule has 7 nitrogen and oxygen atoms in total. The van der Waals surface area contributed by atoms with Crippen LogP contribution in [0.15, 0.2) is 18.3 Å². The first-order valence-electron chi connectivity index (χ1n) is 8.78. The van der Waals surface area contributed by atoms with Crippen molar-refractivity contribution in [3.63, 3.8) is 0 Å². The minimum absolute atomic E-state index is 0.333. The molecule has 140 valence electrons. The fourth-order valence-electron chi connectivity index (χ4n) is 3.12. The molecule has 0 radical (unpaired) electrons. The van der Waals surface area contributed by atoms with E-state index in [-0.39, 0.29) is 5.97 Å². The molecule has 0 amide bonds. The molecule has 8 heteroatoms. The SMILES string of the molecule is CCOC(=O)c1ccc(N2CCN(Cc3c(C)nn(C)c3Cl)CC2)nc1. The second-order valence-electron chi connectivity index (χ2n) is 6.37. The molecule has 26 heavy (non-hydrogen) atoms. The topological polar surface area (TPSA) is 63.5 Å². The lowest BCUT2D eigenvalue weighted by Crippen LogP contribution is -2.46. The van der Waals surface area contributed by atoms with Crippen molar-refractivity contribution in [2.24, 2.45) is 7.05 Å². The first-order chi connectivity index (χ1) is 12.5. The van der Waals surface area contributed by atoms with E-state index in [9.17, 15) is 4.79 Å². The number of ether oxygens (including phenoxy) is 1. The monoisotopic (exact) mass is 377 g/mol. The van der Waals surface area contributed by atoms with Crippen LogP contribution in [0.25, 0.3) is 0 Å². The van der Waals surface area contributed by atoms with Crippen LogP contribution in [-0.2, 0) is 18.3 Å². The predicted molar refractivity (Wildman–Crippen MR) is 101 cm³/mol. The number of hydrogen-bond acceptors (Lipinski definition) is 6. The van der Waals surface area contributed by atoms with Gasteiger partial charge in [-0.2, -0.15) is 5.10 Å². The largest absolute Gasteiger partial charge is 0.462 e. The Bertz CT molecular complexity index is 767. The standard InChI is InChI=1S/C18H24ClN5O2/c1-4-26-18(25)14-5-6-16(20-11-14)24-9-7-23(8-10-24)12-15-13(2)21-22(3)17(15)19/h5-6,11H,4,7-10,12H2,1-3H3. The lowest BCUT2D eigenvalue weighted by Gasteiger charge is -2.35. The van der Waals surface area contributed by atoms with Crippen LogP contribution in [-0.4, -0.2) is 58.4 Å². The molecule has 1 fully saturated rings. The van der Waals surface area contributed by atoms with E-state index in [1.807, 2.05) is 20.0 Å². The highest BCUT2D eigenvalue weighted by Gasteiger charge is 2.21. The number of esters is 1. The Balaban J connectivity index is 1.57. The highest BCUT2D eigenvalue weighted by molar-refractivity contribution is 6.30. The number of pyridine rings is 1. The molecule has 0 atom stereocenters. The van der Waals surface area contributed by atoms with Crippen molar-refractivity contribution < 1.29 is 9.53 Å². The number of aromatic nitrogens is 3. The van der Waals surface area contributed by atoms with Crippen LogP contribution >= 0.6 is 11.6 Å². The van der Waals surface area contributed by atoms with Gasteiger partial charge >= 0.3 is 5.97 Å². The summed E-state index contributed by atoms with van der Waals surface area (Å²) in [6.45, 7) is 8.56. The molecule has 0 N–H and O–H groups in total. The normalized spacial score (nSPS) is 15.3. The minimum atomic E-state index is -0.333. The minimum Gasteiger partial charge on any atom is -0.462 e. The summed E-state index contributed by atoms with van der Waals surface area (Å²) in [5.41, 5.74) is 2.56. The number of hydrogen-bond donors (Lipinski definition) is 0. The molecular formula is C18H24ClN5O2. The van der Waals surface area contributed by atoms with Gasteiger partial charge in [0.2, 0.25) is 0 Å². The average molecular weight is 378 g/mol. The fourth-order valence-corrected chi connectivity index (χ4v) is 3.35. The molecule has 0 saturated carbocycles. The maximum absolute atomic E-state index is 11.7. The maximum atomic E-state index is 11.7. The molecule has 0 bridgehead atoms. The molecule has 0 aliphatic carbocycles. The number of anilines is 1. The Hall–Kier alpha value is -2.12. The predicted octanol–water partition coefficient (Wildman–Crippen LogP) is 2.28. The average Bonchev–Trinajstić information content (AvgIpc) is 2.89. The van der Waals surface area contributed by atoms with Crippen LogP contribution < -0.4 is 4.90 Å². The van der Waals surface area contributed by atoms with Crippen LogP contribution in [0.4, 0.5) is 5.82 Å². The fraction of sp³-hybridized carbons (Fsp3) is 0.500. The lowest BCUT2D eigenvalue weighted by atomic mass is 10.2. The van der Waals surface area contributed by atoms with Gasteiger partial charge in [0.15, 0.2) is 0 Å². The van der Waals surface area contributed by atoms with Gasteiger partial charge < -0.3 is 9.64 Å². The first-order valence-corrected chi connectivity index (χ1v) is 9.15. The smallest absolute Gasteiger partial charge is 0.339 e. The highest BCUT2D eigenvalue weighted by atomic mass is 35.5. The number of aryl methyl sites for hydroxylation is 2. The number of nitrogens with zero attached hydrogens (tertiary/aromatic N) is 5. The molecule has 2 aromatic heterocycles. The summed E-state index contributed by atoms with van der Waals surface area (Å²) in [6, 6.07) is 3.65. The van der Waals surface area contributed by atoms with Crippen LogP contribution in [0.3, 0.4) is 0 Å². The number of halogens is 1. The number of rotatable bonds is 5. The van der Waals surface area contributed by atoms with Crippen molar-refractivity contribution in [3.8, 4) is 0 Å². The van der Waals surface area contributed by atoms with Crippen LogP contribution in [0, 0.1) is 6.92 Å². The number of piperazine rings is 1. The summed E-state index contributed by atoms with van der Waals surface area (Å²) in [4.78, 5) is 20.7. The van der Waals surface area contributed by atoms with E-state index < -0.39 is 0 Å². The Labute approximate surface area is 158 Å². The second-order valence-corrected chi connectivity index (χ2v) is 6.73. The van der Waals surface area contributed by atoms with Crippen molar-refractivity contribution in [1.82, 2.24) is 19.7 Å². The summed E-state index contributed by atoms with van der Waals surface area (Å²) in [5.74, 6) is 0.549. The highest BCUT2D eigenvalue weighted by Crippen LogP contribution is 2.22. The molecule has 2 aromatic rings. The molecule has 0 unspecified atom stereocenters. The van der Waals surface area contributed by atoms with Crippen molar-refractivity contribution in [1.29, 1.82) is 0 Å². The number of carbonyl (C=O) groups excluding carboxylic acids is 1. The Morgan fingerprint density at radius 2 is 2.00 bits per heavy atom. The van der Waals surface area contributed by atoms with E-state index in [1.54, 1.807) is 23.9 Å². The van der Waals surface area contributed by atoms with Gasteiger partial charge in [-0.3, -0.25) is 9.58 Å². The van der Waals surface area contributed by atoms with Gasteiger partial charge in [-0.1, -0.05) is 11.6 Å². The molecule has 1 aliphatic heterocycles. The van der Waals surface area contributed by atoms with Crippen molar-refractivity contribution >= 4 is 23.4 Å². The molecule has 0 aromatic carbocycles. The molecule has 1 aliphatic rings. The zero-order valence-electron chi connectivity index (χ0n) is 15.4. The van der Waals surface area contributed by atoms with Gasteiger partial charge in [-0.25, -0.2) is 9.78 Å². The van der Waals surface area contributed by atoms with E-state index in [0.717, 1.165) is 49.8 Å². The Kier molecular flexibility index (Phi) is 5.78. The summed E-state index contributed by atoms with van der Waals surface area (Å²) in [7, 11) is 1.86. The van der Waals surface area contributed by atoms with Gasteiger partial charge in [-0.05, 0) is 26.0 Å². The van der Waals surface area contributed by atoms with Gasteiger partial charge in [-0.15, -0.1) is 0 Å². The summed E-state index contributed by atoms with van der Waals surface area (Å²) in [6.07, 6.45) is 1.58. The summed E-state index contributed by atoms with van der Waals surface area (Å²) in [5, 5.41) is 5.08. The lowest BCUT2D eigenvalue weighted by molar-refractivity contribution is 0.0526. The van der Waals surface area contributed by atoms with E-state index in [2.05, 4.69) is 19.9 Å². The van der Waals surface area contributed by atoms with Gasteiger partial charge in [0.25, 0.3) is 0 Å². The zero-order chi connectivity index (χ0) is 18.7. The Morgan fingerprint density at radius 3 is 2.54 bits per heavy atom.